The Morgan fingerprint density at radius 2 is 2.33 bits per heavy atom. The Balaban J connectivity index is 1.68. The van der Waals surface area contributed by atoms with E-state index in [0.29, 0.717) is 0 Å². The molecule has 0 aliphatic rings. The summed E-state index contributed by atoms with van der Waals surface area (Å²) in [6.45, 7) is 2.98. The molecule has 0 bridgehead atoms. The average Bonchev–Trinajstić information content (AvgIpc) is 3.15. The Labute approximate surface area is 127 Å². The lowest BCUT2D eigenvalue weighted by molar-refractivity contribution is 0.400. The molecule has 3 rings (SSSR count). The molecule has 110 valence electrons. The first-order chi connectivity index (χ1) is 10.3. The Morgan fingerprint density at radius 1 is 1.43 bits per heavy atom. The molecule has 0 amide bonds. The number of benzene rings is 1. The van der Waals surface area contributed by atoms with Gasteiger partial charge in [-0.25, -0.2) is 4.98 Å². The molecule has 1 atom stereocenters. The number of fused-ring (bicyclic) bond motifs is 1. The zero-order valence-electron chi connectivity index (χ0n) is 12.1. The molecule has 0 radical (unpaired) electrons. The molecule has 2 heterocycles. The minimum absolute atomic E-state index is 0.153. The van der Waals surface area contributed by atoms with Crippen molar-refractivity contribution in [3.8, 4) is 5.75 Å². The van der Waals surface area contributed by atoms with Crippen LogP contribution >= 0.6 is 11.3 Å². The second-order valence-corrected chi connectivity index (χ2v) is 5.65. The van der Waals surface area contributed by atoms with Gasteiger partial charge in [0.2, 0.25) is 0 Å². The third-order valence-electron chi connectivity index (χ3n) is 3.49. The predicted octanol–water partition coefficient (Wildman–Crippen LogP) is 3.79. The summed E-state index contributed by atoms with van der Waals surface area (Å²) in [4.78, 5) is 4.28. The molecule has 1 aromatic carbocycles. The van der Waals surface area contributed by atoms with Gasteiger partial charge in [-0.05, 0) is 19.1 Å². The molecule has 0 saturated heterocycles. The SMILES string of the molecule is COc1cccc2cc(C(C)NCCc3cscn3)oc12. The molecule has 0 saturated carbocycles. The van der Waals surface area contributed by atoms with Crippen molar-refractivity contribution in [3.05, 3.63) is 46.6 Å². The van der Waals surface area contributed by atoms with Gasteiger partial charge in [0.05, 0.1) is 24.4 Å². The van der Waals surface area contributed by atoms with Crippen molar-refractivity contribution in [3.63, 3.8) is 0 Å². The first-order valence-electron chi connectivity index (χ1n) is 6.95. The van der Waals surface area contributed by atoms with Crippen LogP contribution in [0.25, 0.3) is 11.0 Å². The molecule has 1 N–H and O–H groups in total. The lowest BCUT2D eigenvalue weighted by Crippen LogP contribution is -2.21. The van der Waals surface area contributed by atoms with Gasteiger partial charge in [0, 0.05) is 23.7 Å². The monoisotopic (exact) mass is 302 g/mol. The van der Waals surface area contributed by atoms with Gasteiger partial charge in [-0.2, -0.15) is 0 Å². The first kappa shape index (κ1) is 14.1. The summed E-state index contributed by atoms with van der Waals surface area (Å²) in [6, 6.07) is 8.14. The number of thiazole rings is 1. The van der Waals surface area contributed by atoms with Gasteiger partial charge in [-0.15, -0.1) is 11.3 Å². The molecular weight excluding hydrogens is 284 g/mol. The van der Waals surface area contributed by atoms with Crippen molar-refractivity contribution in [1.29, 1.82) is 0 Å². The van der Waals surface area contributed by atoms with Crippen LogP contribution in [0.4, 0.5) is 0 Å². The number of nitrogens with one attached hydrogen (secondary N) is 1. The first-order valence-corrected chi connectivity index (χ1v) is 7.89. The van der Waals surface area contributed by atoms with Crippen molar-refractivity contribution in [2.45, 2.75) is 19.4 Å². The second kappa shape index (κ2) is 6.28. The van der Waals surface area contributed by atoms with Gasteiger partial charge in [0.1, 0.15) is 5.76 Å². The highest BCUT2D eigenvalue weighted by molar-refractivity contribution is 7.07. The number of hydrogen-bond acceptors (Lipinski definition) is 5. The van der Waals surface area contributed by atoms with Crippen molar-refractivity contribution in [2.24, 2.45) is 0 Å². The Kier molecular flexibility index (Phi) is 4.22. The van der Waals surface area contributed by atoms with E-state index in [1.165, 1.54) is 0 Å². The Bertz CT molecular complexity index is 706. The summed E-state index contributed by atoms with van der Waals surface area (Å²) in [7, 11) is 1.66. The largest absolute Gasteiger partial charge is 0.493 e. The van der Waals surface area contributed by atoms with Crippen LogP contribution in [-0.4, -0.2) is 18.6 Å². The maximum atomic E-state index is 5.94. The van der Waals surface area contributed by atoms with E-state index in [1.54, 1.807) is 18.4 Å². The number of ether oxygens (including phenoxy) is 1. The van der Waals surface area contributed by atoms with E-state index in [9.17, 15) is 0 Å². The highest BCUT2D eigenvalue weighted by Gasteiger charge is 2.13. The van der Waals surface area contributed by atoms with Gasteiger partial charge in [-0.1, -0.05) is 12.1 Å². The fourth-order valence-corrected chi connectivity index (χ4v) is 2.90. The molecule has 3 aromatic rings. The average molecular weight is 302 g/mol. The summed E-state index contributed by atoms with van der Waals surface area (Å²) >= 11 is 1.63. The Hall–Kier alpha value is -1.85. The molecule has 0 aliphatic carbocycles. The molecule has 21 heavy (non-hydrogen) atoms. The molecule has 4 nitrogen and oxygen atoms in total. The molecule has 0 aliphatic heterocycles. The van der Waals surface area contributed by atoms with Gasteiger partial charge >= 0.3 is 0 Å². The number of aromatic nitrogens is 1. The zero-order chi connectivity index (χ0) is 14.7. The minimum Gasteiger partial charge on any atom is -0.493 e. The van der Waals surface area contributed by atoms with Gasteiger partial charge < -0.3 is 14.5 Å². The zero-order valence-corrected chi connectivity index (χ0v) is 12.9. The summed E-state index contributed by atoms with van der Waals surface area (Å²) in [5.41, 5.74) is 3.80. The van der Waals surface area contributed by atoms with Gasteiger partial charge in [0.25, 0.3) is 0 Å². The number of rotatable bonds is 6. The highest BCUT2D eigenvalue weighted by atomic mass is 32.1. The molecule has 0 fully saturated rings. The fraction of sp³-hybridized carbons (Fsp3) is 0.312. The van der Waals surface area contributed by atoms with Crippen LogP contribution in [0.5, 0.6) is 5.75 Å². The fourth-order valence-electron chi connectivity index (χ4n) is 2.31. The third kappa shape index (κ3) is 3.09. The highest BCUT2D eigenvalue weighted by Crippen LogP contribution is 2.30. The van der Waals surface area contributed by atoms with E-state index in [4.69, 9.17) is 9.15 Å². The lowest BCUT2D eigenvalue weighted by Gasteiger charge is -2.10. The second-order valence-electron chi connectivity index (χ2n) is 4.93. The number of methoxy groups -OCH3 is 1. The summed E-state index contributed by atoms with van der Waals surface area (Å²) in [6.07, 6.45) is 0.928. The van der Waals surface area contributed by atoms with Crippen molar-refractivity contribution < 1.29 is 9.15 Å². The molecule has 5 heteroatoms. The van der Waals surface area contributed by atoms with Crippen molar-refractivity contribution in [1.82, 2.24) is 10.3 Å². The lowest BCUT2D eigenvalue weighted by atomic mass is 10.2. The summed E-state index contributed by atoms with van der Waals surface area (Å²) < 4.78 is 11.3. The smallest absolute Gasteiger partial charge is 0.176 e. The Morgan fingerprint density at radius 3 is 3.10 bits per heavy atom. The van der Waals surface area contributed by atoms with E-state index in [0.717, 1.165) is 41.1 Å². The van der Waals surface area contributed by atoms with Crippen LogP contribution in [-0.2, 0) is 6.42 Å². The van der Waals surface area contributed by atoms with E-state index in [1.807, 2.05) is 23.7 Å². The van der Waals surface area contributed by atoms with Crippen LogP contribution in [0.15, 0.2) is 39.6 Å². The van der Waals surface area contributed by atoms with Gasteiger partial charge in [-0.3, -0.25) is 0 Å². The van der Waals surface area contributed by atoms with Crippen LogP contribution < -0.4 is 10.1 Å². The molecule has 2 aromatic heterocycles. The quantitative estimate of drug-likeness (QED) is 0.752. The summed E-state index contributed by atoms with van der Waals surface area (Å²) in [5.74, 6) is 1.70. The summed E-state index contributed by atoms with van der Waals surface area (Å²) in [5, 5.41) is 6.61. The van der Waals surface area contributed by atoms with E-state index in [-0.39, 0.29) is 6.04 Å². The number of para-hydroxylation sites is 1. The van der Waals surface area contributed by atoms with E-state index < -0.39 is 0 Å². The number of hydrogen-bond donors (Lipinski definition) is 1. The normalized spacial score (nSPS) is 12.7. The predicted molar refractivity (Wildman–Crippen MR) is 85.0 cm³/mol. The molecular formula is C16H18N2O2S. The number of furan rings is 1. The van der Waals surface area contributed by atoms with Crippen LogP contribution in [0, 0.1) is 0 Å². The minimum atomic E-state index is 0.153. The molecule has 0 spiro atoms. The maximum absolute atomic E-state index is 5.94. The van der Waals surface area contributed by atoms with Crippen LogP contribution in [0.3, 0.4) is 0 Å². The van der Waals surface area contributed by atoms with Gasteiger partial charge in [0.15, 0.2) is 11.3 Å². The topological polar surface area (TPSA) is 47.3 Å². The standard InChI is InChI=1S/C16H18N2O2S/c1-11(17-7-6-13-9-21-10-18-13)15-8-12-4-3-5-14(19-2)16(12)20-15/h3-5,8-11,17H,6-7H2,1-2H3. The van der Waals surface area contributed by atoms with Crippen LogP contribution in [0.1, 0.15) is 24.4 Å². The maximum Gasteiger partial charge on any atom is 0.176 e. The third-order valence-corrected chi connectivity index (χ3v) is 4.12. The van der Waals surface area contributed by atoms with Crippen LogP contribution in [0.2, 0.25) is 0 Å². The number of nitrogens with zero attached hydrogens (tertiary/aromatic N) is 1. The van der Waals surface area contributed by atoms with Crippen molar-refractivity contribution in [2.75, 3.05) is 13.7 Å². The van der Waals surface area contributed by atoms with E-state index in [2.05, 4.69) is 28.7 Å². The van der Waals surface area contributed by atoms with E-state index >= 15 is 0 Å². The van der Waals surface area contributed by atoms with Crippen molar-refractivity contribution >= 4 is 22.3 Å². The molecule has 1 unspecified atom stereocenters.